The van der Waals surface area contributed by atoms with E-state index in [4.69, 9.17) is 21.3 Å². The summed E-state index contributed by atoms with van der Waals surface area (Å²) in [6, 6.07) is 10.1. The quantitative estimate of drug-likeness (QED) is 0.418. The van der Waals surface area contributed by atoms with Crippen LogP contribution in [-0.2, 0) is 13.1 Å². The number of aliphatic hydroxyl groups is 1. The van der Waals surface area contributed by atoms with Crippen LogP contribution in [-0.4, -0.2) is 59.3 Å². The number of halogens is 1. The number of imidazole rings is 1. The first-order valence-corrected chi connectivity index (χ1v) is 12.3. The van der Waals surface area contributed by atoms with E-state index in [0.29, 0.717) is 47.5 Å². The van der Waals surface area contributed by atoms with Crippen molar-refractivity contribution in [3.05, 3.63) is 64.7 Å². The number of ether oxygens (including phenoxy) is 1. The summed E-state index contributed by atoms with van der Waals surface area (Å²) in [7, 11) is 0. The van der Waals surface area contributed by atoms with E-state index in [1.54, 1.807) is 0 Å². The number of β-amino-alcohol motifs (C(OH)–C–C–N with tert-alkyl or cyclic N) is 1. The lowest BCUT2D eigenvalue weighted by atomic mass is 10.1. The highest BCUT2D eigenvalue weighted by molar-refractivity contribution is 6.33. The Hall–Kier alpha value is -3.07. The Bertz CT molecular complexity index is 1410. The van der Waals surface area contributed by atoms with Gasteiger partial charge >= 0.3 is 0 Å². The number of aryl methyl sites for hydroxylation is 1. The van der Waals surface area contributed by atoms with Crippen molar-refractivity contribution in [1.82, 2.24) is 29.4 Å². The van der Waals surface area contributed by atoms with Gasteiger partial charge in [-0.25, -0.2) is 9.97 Å². The minimum absolute atomic E-state index is 0.187. The molecule has 9 heteroatoms. The topological polar surface area (TPSA) is 89.2 Å². The molecule has 4 heterocycles. The van der Waals surface area contributed by atoms with Crippen LogP contribution < -0.4 is 4.74 Å². The standard InChI is InChI=1S/C26H27ClN6O2/c1-16-5-8-28-18(9-16)12-33-23(20-4-3-17(10-21(20)27)11-32-13-19(34)14-32)31-22-24(33)29-15-30-25(22)35-26(2)6-7-26/h3-5,8-10,15,19,34H,6-7,11-14H2,1-2H3. The van der Waals surface area contributed by atoms with Crippen LogP contribution in [0.1, 0.15) is 36.6 Å². The molecule has 0 amide bonds. The Morgan fingerprint density at radius 1 is 1.11 bits per heavy atom. The van der Waals surface area contributed by atoms with Gasteiger partial charge in [-0.1, -0.05) is 17.7 Å². The van der Waals surface area contributed by atoms with Crippen LogP contribution in [0.3, 0.4) is 0 Å². The third-order valence-corrected chi connectivity index (χ3v) is 7.02. The van der Waals surface area contributed by atoms with Gasteiger partial charge in [-0.05, 0) is 62.1 Å². The van der Waals surface area contributed by atoms with E-state index in [1.807, 2.05) is 29.0 Å². The zero-order valence-electron chi connectivity index (χ0n) is 19.8. The molecule has 6 rings (SSSR count). The summed E-state index contributed by atoms with van der Waals surface area (Å²) >= 11 is 6.82. The van der Waals surface area contributed by atoms with Crippen LogP contribution in [0.4, 0.5) is 0 Å². The molecule has 8 nitrogen and oxygen atoms in total. The Balaban J connectivity index is 1.43. The predicted molar refractivity (Wildman–Crippen MR) is 133 cm³/mol. The summed E-state index contributed by atoms with van der Waals surface area (Å²) in [5.41, 5.74) is 5.08. The van der Waals surface area contributed by atoms with Gasteiger partial charge in [-0.15, -0.1) is 0 Å². The maximum absolute atomic E-state index is 9.57. The average Bonchev–Trinajstić information content (AvgIpc) is 3.41. The van der Waals surface area contributed by atoms with E-state index in [-0.39, 0.29) is 11.7 Å². The number of rotatable bonds is 7. The van der Waals surface area contributed by atoms with Gasteiger partial charge in [0.05, 0.1) is 23.4 Å². The van der Waals surface area contributed by atoms with Crippen molar-refractivity contribution in [1.29, 1.82) is 0 Å². The summed E-state index contributed by atoms with van der Waals surface area (Å²) < 4.78 is 8.25. The van der Waals surface area contributed by atoms with Gasteiger partial charge in [0.25, 0.3) is 0 Å². The maximum Gasteiger partial charge on any atom is 0.245 e. The third kappa shape index (κ3) is 4.49. The first-order chi connectivity index (χ1) is 16.9. The summed E-state index contributed by atoms with van der Waals surface area (Å²) in [6.45, 7) is 6.77. The van der Waals surface area contributed by atoms with E-state index < -0.39 is 0 Å². The zero-order chi connectivity index (χ0) is 24.2. The second kappa shape index (κ2) is 8.55. The van der Waals surface area contributed by atoms with Crippen LogP contribution in [0.2, 0.25) is 5.02 Å². The molecule has 0 bridgehead atoms. The van der Waals surface area contributed by atoms with Gasteiger partial charge in [0.1, 0.15) is 17.8 Å². The van der Waals surface area contributed by atoms with E-state index in [1.165, 1.54) is 6.33 Å². The molecule has 0 unspecified atom stereocenters. The molecule has 0 atom stereocenters. The van der Waals surface area contributed by atoms with E-state index in [0.717, 1.165) is 41.8 Å². The van der Waals surface area contributed by atoms with Crippen molar-refractivity contribution in [3.8, 4) is 17.3 Å². The van der Waals surface area contributed by atoms with Gasteiger partial charge in [0.15, 0.2) is 11.2 Å². The van der Waals surface area contributed by atoms with E-state index in [2.05, 4.69) is 45.8 Å². The minimum Gasteiger partial charge on any atom is -0.470 e. The summed E-state index contributed by atoms with van der Waals surface area (Å²) in [5, 5.41) is 10.2. The molecule has 0 spiro atoms. The number of likely N-dealkylation sites (tertiary alicyclic amines) is 1. The SMILES string of the molecule is Cc1ccnc(Cn2c(-c3ccc(CN4CC(O)C4)cc3Cl)nc3c(OC4(C)CC4)ncnc32)c1. The smallest absolute Gasteiger partial charge is 0.245 e. The van der Waals surface area contributed by atoms with Gasteiger partial charge < -0.3 is 14.4 Å². The van der Waals surface area contributed by atoms with E-state index in [9.17, 15) is 5.11 Å². The van der Waals surface area contributed by atoms with Crippen LogP contribution >= 0.6 is 11.6 Å². The lowest BCUT2D eigenvalue weighted by molar-refractivity contribution is -0.00286. The summed E-state index contributed by atoms with van der Waals surface area (Å²) in [5.74, 6) is 1.20. The highest BCUT2D eigenvalue weighted by Gasteiger charge is 2.41. The Morgan fingerprint density at radius 3 is 2.66 bits per heavy atom. The number of aliphatic hydroxyl groups excluding tert-OH is 1. The number of hydrogen-bond acceptors (Lipinski definition) is 7. The molecule has 4 aromatic rings. The first kappa shape index (κ1) is 22.4. The number of benzene rings is 1. The molecule has 2 fully saturated rings. The second-order valence-corrected chi connectivity index (χ2v) is 10.3. The normalized spacial score (nSPS) is 17.5. The van der Waals surface area contributed by atoms with Gasteiger partial charge in [0.2, 0.25) is 5.88 Å². The monoisotopic (exact) mass is 490 g/mol. The Labute approximate surface area is 208 Å². The van der Waals surface area contributed by atoms with Crippen LogP contribution in [0.25, 0.3) is 22.6 Å². The van der Waals surface area contributed by atoms with Gasteiger partial charge in [0, 0.05) is 31.4 Å². The highest BCUT2D eigenvalue weighted by atomic mass is 35.5. The molecule has 35 heavy (non-hydrogen) atoms. The van der Waals surface area contributed by atoms with Crippen molar-refractivity contribution in [3.63, 3.8) is 0 Å². The number of fused-ring (bicyclic) bond motifs is 1. The molecule has 3 aromatic heterocycles. The fourth-order valence-electron chi connectivity index (χ4n) is 4.47. The molecule has 1 aliphatic heterocycles. The molecular weight excluding hydrogens is 464 g/mol. The Morgan fingerprint density at radius 2 is 1.94 bits per heavy atom. The molecule has 2 aliphatic rings. The minimum atomic E-state index is -0.227. The van der Waals surface area contributed by atoms with Crippen molar-refractivity contribution in [2.45, 2.75) is 51.5 Å². The largest absolute Gasteiger partial charge is 0.470 e. The van der Waals surface area contributed by atoms with Crippen LogP contribution in [0.15, 0.2) is 42.9 Å². The summed E-state index contributed by atoms with van der Waals surface area (Å²) in [6.07, 6.45) is 5.12. The van der Waals surface area contributed by atoms with Crippen molar-refractivity contribution in [2.24, 2.45) is 0 Å². The van der Waals surface area contributed by atoms with Crippen LogP contribution in [0.5, 0.6) is 5.88 Å². The molecule has 0 radical (unpaired) electrons. The first-order valence-electron chi connectivity index (χ1n) is 11.9. The molecular formula is C26H27ClN6O2. The Kier molecular flexibility index (Phi) is 5.47. The third-order valence-electron chi connectivity index (χ3n) is 6.71. The molecule has 1 aliphatic carbocycles. The van der Waals surface area contributed by atoms with Crippen molar-refractivity contribution < 1.29 is 9.84 Å². The van der Waals surface area contributed by atoms with Gasteiger partial charge in [-0.3, -0.25) is 9.88 Å². The van der Waals surface area contributed by atoms with Crippen LogP contribution in [0, 0.1) is 6.92 Å². The van der Waals surface area contributed by atoms with Gasteiger partial charge in [-0.2, -0.15) is 4.98 Å². The number of hydrogen-bond donors (Lipinski definition) is 1. The molecule has 1 saturated carbocycles. The number of nitrogens with zero attached hydrogens (tertiary/aromatic N) is 6. The molecule has 1 aromatic carbocycles. The lowest BCUT2D eigenvalue weighted by Gasteiger charge is -2.35. The van der Waals surface area contributed by atoms with E-state index >= 15 is 0 Å². The maximum atomic E-state index is 9.57. The fourth-order valence-corrected chi connectivity index (χ4v) is 4.76. The predicted octanol–water partition coefficient (Wildman–Crippen LogP) is 4.01. The lowest BCUT2D eigenvalue weighted by Crippen LogP contribution is -2.49. The molecule has 1 N–H and O–H groups in total. The highest BCUT2D eigenvalue weighted by Crippen LogP contribution is 2.41. The number of aromatic nitrogens is 5. The number of pyridine rings is 1. The molecule has 1 saturated heterocycles. The second-order valence-electron chi connectivity index (χ2n) is 9.91. The molecule has 180 valence electrons. The van der Waals surface area contributed by atoms with Crippen molar-refractivity contribution >= 4 is 22.8 Å². The summed E-state index contributed by atoms with van der Waals surface area (Å²) in [4.78, 5) is 20.7. The average molecular weight is 491 g/mol. The zero-order valence-corrected chi connectivity index (χ0v) is 20.5. The van der Waals surface area contributed by atoms with Crippen molar-refractivity contribution in [2.75, 3.05) is 13.1 Å². The fraction of sp³-hybridized carbons (Fsp3) is 0.385.